The largest absolute Gasteiger partial charge is 0.433 e. The summed E-state index contributed by atoms with van der Waals surface area (Å²) in [6.07, 6.45) is 0.263. The Morgan fingerprint density at radius 3 is 2.60 bits per heavy atom. The number of aryl methyl sites for hydroxylation is 1. The van der Waals surface area contributed by atoms with Crippen LogP contribution in [0.2, 0.25) is 5.02 Å². The lowest BCUT2D eigenvalue weighted by Crippen LogP contribution is -2.13. The van der Waals surface area contributed by atoms with E-state index in [2.05, 4.69) is 15.4 Å². The number of benzene rings is 1. The summed E-state index contributed by atoms with van der Waals surface area (Å²) in [7, 11) is 1.12. The monoisotopic (exact) mass is 369 g/mol. The average Bonchev–Trinajstić information content (AvgIpc) is 3.16. The second-order valence-electron chi connectivity index (χ2n) is 5.13. The number of alkyl halides is 3. The van der Waals surface area contributed by atoms with Crippen molar-refractivity contribution < 1.29 is 18.0 Å². The molecule has 3 aromatic rings. The van der Waals surface area contributed by atoms with Crippen molar-refractivity contribution in [3.63, 3.8) is 0 Å². The third-order valence-electron chi connectivity index (χ3n) is 3.39. The fraction of sp³-hybridized carbons (Fsp3) is 0.133. The smallest absolute Gasteiger partial charge is 0.321 e. The molecule has 0 unspecified atom stereocenters. The highest BCUT2D eigenvalue weighted by Crippen LogP contribution is 2.29. The molecular weight excluding hydrogens is 359 g/mol. The molecular formula is C15H11ClF3N5O. The lowest BCUT2D eigenvalue weighted by Gasteiger charge is -2.08. The van der Waals surface area contributed by atoms with E-state index in [0.29, 0.717) is 27.1 Å². The highest BCUT2D eigenvalue weighted by molar-refractivity contribution is 6.32. The highest BCUT2D eigenvalue weighted by atomic mass is 35.5. The molecule has 6 nitrogen and oxygen atoms in total. The van der Waals surface area contributed by atoms with Crippen molar-refractivity contribution in [2.75, 3.05) is 5.32 Å². The predicted octanol–water partition coefficient (Wildman–Crippen LogP) is 3.53. The molecule has 0 saturated carbocycles. The zero-order valence-electron chi connectivity index (χ0n) is 12.8. The van der Waals surface area contributed by atoms with Gasteiger partial charge in [0.2, 0.25) is 0 Å². The minimum atomic E-state index is -4.59. The lowest BCUT2D eigenvalue weighted by atomic mass is 10.2. The standard InChI is InChI=1S/C15H11ClF3N5O/c1-23-13(15(17,18)19)7-11(22-23)14(25)21-9-2-3-12(10(16)6-9)24-5-4-20-8-24/h2-8H,1H3,(H,21,25). The van der Waals surface area contributed by atoms with E-state index in [9.17, 15) is 18.0 Å². The van der Waals surface area contributed by atoms with Gasteiger partial charge in [-0.3, -0.25) is 9.48 Å². The summed E-state index contributed by atoms with van der Waals surface area (Å²) in [6.45, 7) is 0. The Bertz CT molecular complexity index is 918. The van der Waals surface area contributed by atoms with Gasteiger partial charge < -0.3 is 9.88 Å². The van der Waals surface area contributed by atoms with E-state index in [0.717, 1.165) is 7.05 Å². The van der Waals surface area contributed by atoms with Crippen LogP contribution in [-0.2, 0) is 13.2 Å². The van der Waals surface area contributed by atoms with Gasteiger partial charge >= 0.3 is 6.18 Å². The van der Waals surface area contributed by atoms with Crippen LogP contribution in [0.4, 0.5) is 18.9 Å². The van der Waals surface area contributed by atoms with Gasteiger partial charge in [0.1, 0.15) is 5.69 Å². The third kappa shape index (κ3) is 3.50. The van der Waals surface area contributed by atoms with Gasteiger partial charge in [-0.15, -0.1) is 0 Å². The molecule has 0 atom stereocenters. The number of amides is 1. The number of anilines is 1. The molecule has 2 heterocycles. The van der Waals surface area contributed by atoms with Gasteiger partial charge in [0, 0.05) is 31.2 Å². The predicted molar refractivity (Wildman–Crippen MR) is 84.7 cm³/mol. The van der Waals surface area contributed by atoms with Gasteiger partial charge in [-0.1, -0.05) is 11.6 Å². The zero-order chi connectivity index (χ0) is 18.2. The van der Waals surface area contributed by atoms with Gasteiger partial charge in [0.05, 0.1) is 17.0 Å². The van der Waals surface area contributed by atoms with Gasteiger partial charge in [0.15, 0.2) is 5.69 Å². The number of halogens is 4. The van der Waals surface area contributed by atoms with E-state index in [1.807, 2.05) is 0 Å². The van der Waals surface area contributed by atoms with Crippen LogP contribution in [0.1, 0.15) is 16.2 Å². The van der Waals surface area contributed by atoms with Crippen molar-refractivity contribution in [3.05, 3.63) is 59.4 Å². The maximum Gasteiger partial charge on any atom is 0.433 e. The maximum atomic E-state index is 12.8. The van der Waals surface area contributed by atoms with Crippen LogP contribution in [0.5, 0.6) is 0 Å². The summed E-state index contributed by atoms with van der Waals surface area (Å²) < 4.78 is 40.6. The van der Waals surface area contributed by atoms with E-state index in [-0.39, 0.29) is 5.69 Å². The van der Waals surface area contributed by atoms with Crippen molar-refractivity contribution in [1.29, 1.82) is 0 Å². The fourth-order valence-electron chi connectivity index (χ4n) is 2.23. The van der Waals surface area contributed by atoms with E-state index in [4.69, 9.17) is 11.6 Å². The van der Waals surface area contributed by atoms with Gasteiger partial charge in [-0.05, 0) is 18.2 Å². The normalized spacial score (nSPS) is 11.6. The van der Waals surface area contributed by atoms with Gasteiger partial charge in [0.25, 0.3) is 5.91 Å². The molecule has 130 valence electrons. The molecule has 25 heavy (non-hydrogen) atoms. The van der Waals surface area contributed by atoms with Crippen LogP contribution >= 0.6 is 11.6 Å². The first-order chi connectivity index (χ1) is 11.8. The Morgan fingerprint density at radius 1 is 1.28 bits per heavy atom. The van der Waals surface area contributed by atoms with Crippen LogP contribution in [0, 0.1) is 0 Å². The van der Waals surface area contributed by atoms with Crippen molar-refractivity contribution in [2.45, 2.75) is 6.18 Å². The van der Waals surface area contributed by atoms with Gasteiger partial charge in [-0.2, -0.15) is 18.3 Å². The zero-order valence-corrected chi connectivity index (χ0v) is 13.5. The Kier molecular flexibility index (Phi) is 4.25. The van der Waals surface area contributed by atoms with E-state index < -0.39 is 17.8 Å². The summed E-state index contributed by atoms with van der Waals surface area (Å²) in [5, 5.41) is 6.41. The number of nitrogens with zero attached hydrogens (tertiary/aromatic N) is 4. The minimum Gasteiger partial charge on any atom is -0.321 e. The number of rotatable bonds is 3. The molecule has 3 rings (SSSR count). The topological polar surface area (TPSA) is 64.7 Å². The molecule has 0 aliphatic heterocycles. The number of carbonyl (C=O) groups excluding carboxylic acids is 1. The molecule has 0 radical (unpaired) electrons. The second kappa shape index (κ2) is 6.25. The SMILES string of the molecule is Cn1nc(C(=O)Nc2ccc(-n3ccnc3)c(Cl)c2)cc1C(F)(F)F. The Labute approximate surface area is 144 Å². The molecule has 10 heteroatoms. The highest BCUT2D eigenvalue weighted by Gasteiger charge is 2.35. The molecule has 0 spiro atoms. The van der Waals surface area contributed by atoms with Crippen LogP contribution in [0.25, 0.3) is 5.69 Å². The Balaban J connectivity index is 1.81. The molecule has 0 fully saturated rings. The van der Waals surface area contributed by atoms with E-state index in [1.54, 1.807) is 35.4 Å². The van der Waals surface area contributed by atoms with Crippen LogP contribution in [0.15, 0.2) is 43.0 Å². The van der Waals surface area contributed by atoms with Crippen molar-refractivity contribution in [3.8, 4) is 5.69 Å². The van der Waals surface area contributed by atoms with E-state index in [1.165, 1.54) is 6.07 Å². The number of carbonyl (C=O) groups is 1. The van der Waals surface area contributed by atoms with Crippen molar-refractivity contribution >= 4 is 23.2 Å². The van der Waals surface area contributed by atoms with Gasteiger partial charge in [-0.25, -0.2) is 4.98 Å². The van der Waals surface area contributed by atoms with Crippen molar-refractivity contribution in [1.82, 2.24) is 19.3 Å². The van der Waals surface area contributed by atoms with Crippen LogP contribution < -0.4 is 5.32 Å². The van der Waals surface area contributed by atoms with Crippen LogP contribution in [-0.4, -0.2) is 25.2 Å². The molecule has 0 aliphatic carbocycles. The summed E-state index contributed by atoms with van der Waals surface area (Å²) in [5.41, 5.74) is -0.372. The summed E-state index contributed by atoms with van der Waals surface area (Å²) >= 11 is 6.17. The summed E-state index contributed by atoms with van der Waals surface area (Å²) in [6, 6.07) is 5.41. The number of hydrogen-bond acceptors (Lipinski definition) is 3. The molecule has 1 aromatic carbocycles. The molecule has 0 saturated heterocycles. The first-order valence-corrected chi connectivity index (χ1v) is 7.34. The van der Waals surface area contributed by atoms with Crippen LogP contribution in [0.3, 0.4) is 0 Å². The second-order valence-corrected chi connectivity index (χ2v) is 5.53. The molecule has 0 bridgehead atoms. The Hall–Kier alpha value is -2.81. The first kappa shape index (κ1) is 17.0. The third-order valence-corrected chi connectivity index (χ3v) is 3.69. The number of hydrogen-bond donors (Lipinski definition) is 1. The fourth-order valence-corrected chi connectivity index (χ4v) is 2.51. The Morgan fingerprint density at radius 2 is 2.04 bits per heavy atom. The minimum absolute atomic E-state index is 0.332. The van der Waals surface area contributed by atoms with Crippen molar-refractivity contribution in [2.24, 2.45) is 7.05 Å². The molecule has 0 aliphatic rings. The number of nitrogens with one attached hydrogen (secondary N) is 1. The number of imidazole rings is 1. The summed E-state index contributed by atoms with van der Waals surface area (Å²) in [4.78, 5) is 16.0. The molecule has 2 aromatic heterocycles. The maximum absolute atomic E-state index is 12.8. The quantitative estimate of drug-likeness (QED) is 0.768. The summed E-state index contributed by atoms with van der Waals surface area (Å²) in [5.74, 6) is -0.766. The molecule has 1 N–H and O–H groups in total. The number of aromatic nitrogens is 4. The van der Waals surface area contributed by atoms with E-state index >= 15 is 0 Å². The lowest BCUT2D eigenvalue weighted by molar-refractivity contribution is -0.143. The molecule has 1 amide bonds. The first-order valence-electron chi connectivity index (χ1n) is 6.96. The average molecular weight is 370 g/mol.